The van der Waals surface area contributed by atoms with E-state index in [1.165, 1.54) is 19.3 Å². The number of nitrogens with one attached hydrogen (secondary N) is 1. The van der Waals surface area contributed by atoms with Gasteiger partial charge in [0.1, 0.15) is 0 Å². The quantitative estimate of drug-likeness (QED) is 0.822. The molecule has 0 aromatic rings. The van der Waals surface area contributed by atoms with E-state index in [0.29, 0.717) is 12.6 Å². The van der Waals surface area contributed by atoms with Crippen LogP contribution < -0.4 is 11.1 Å². The number of hydrogen-bond donors (Lipinski definition) is 2. The number of nitrogens with two attached hydrogens (primary N) is 1. The molecule has 0 unspecified atom stereocenters. The van der Waals surface area contributed by atoms with Gasteiger partial charge in [-0.05, 0) is 38.5 Å². The van der Waals surface area contributed by atoms with Crippen LogP contribution in [0.4, 0.5) is 0 Å². The van der Waals surface area contributed by atoms with Gasteiger partial charge in [-0.15, -0.1) is 0 Å². The predicted molar refractivity (Wildman–Crippen MR) is 80.3 cm³/mol. The van der Waals surface area contributed by atoms with E-state index in [-0.39, 0.29) is 11.3 Å². The summed E-state index contributed by atoms with van der Waals surface area (Å²) in [7, 11) is 0. The standard InChI is InChI=1S/C16H29N3O/c17-12-16(8-2-1-3-9-16)15(20)18-13-6-10-19(11-7-13)14-4-5-14/h13-14H,1-12,17H2,(H,18,20). The van der Waals surface area contributed by atoms with Crippen molar-refractivity contribution >= 4 is 5.91 Å². The van der Waals surface area contributed by atoms with Gasteiger partial charge in [0.15, 0.2) is 0 Å². The minimum Gasteiger partial charge on any atom is -0.353 e. The maximum Gasteiger partial charge on any atom is 0.227 e. The second-order valence-corrected chi connectivity index (χ2v) is 7.06. The zero-order valence-corrected chi connectivity index (χ0v) is 12.6. The number of rotatable bonds is 4. The van der Waals surface area contributed by atoms with Crippen LogP contribution in [0.1, 0.15) is 57.8 Å². The van der Waals surface area contributed by atoms with Gasteiger partial charge in [0.2, 0.25) is 5.91 Å². The van der Waals surface area contributed by atoms with Crippen molar-refractivity contribution in [1.29, 1.82) is 0 Å². The number of hydrogen-bond acceptors (Lipinski definition) is 3. The second-order valence-electron chi connectivity index (χ2n) is 7.06. The summed E-state index contributed by atoms with van der Waals surface area (Å²) in [4.78, 5) is 15.2. The summed E-state index contributed by atoms with van der Waals surface area (Å²) in [6.45, 7) is 2.83. The molecule has 1 heterocycles. The van der Waals surface area contributed by atoms with Crippen LogP contribution in [0.3, 0.4) is 0 Å². The molecular weight excluding hydrogens is 250 g/mol. The zero-order chi connectivity index (χ0) is 14.0. The van der Waals surface area contributed by atoms with Gasteiger partial charge in [0.05, 0.1) is 5.41 Å². The first-order chi connectivity index (χ1) is 9.73. The largest absolute Gasteiger partial charge is 0.353 e. The summed E-state index contributed by atoms with van der Waals surface area (Å²) >= 11 is 0. The molecule has 0 aromatic heterocycles. The smallest absolute Gasteiger partial charge is 0.227 e. The fourth-order valence-electron chi connectivity index (χ4n) is 3.94. The van der Waals surface area contributed by atoms with Crippen LogP contribution in [0.15, 0.2) is 0 Å². The van der Waals surface area contributed by atoms with E-state index in [2.05, 4.69) is 10.2 Å². The van der Waals surface area contributed by atoms with Crippen molar-refractivity contribution in [2.75, 3.05) is 19.6 Å². The summed E-state index contributed by atoms with van der Waals surface area (Å²) in [5, 5.41) is 3.31. The summed E-state index contributed by atoms with van der Waals surface area (Å²) < 4.78 is 0. The molecule has 4 nitrogen and oxygen atoms in total. The Bertz CT molecular complexity index is 340. The minimum absolute atomic E-state index is 0.240. The van der Waals surface area contributed by atoms with Crippen LogP contribution in [0.5, 0.6) is 0 Å². The Hall–Kier alpha value is -0.610. The highest BCUT2D eigenvalue weighted by molar-refractivity contribution is 5.83. The number of carbonyl (C=O) groups is 1. The van der Waals surface area contributed by atoms with Crippen molar-refractivity contribution in [3.63, 3.8) is 0 Å². The minimum atomic E-state index is -0.258. The van der Waals surface area contributed by atoms with Gasteiger partial charge in [-0.3, -0.25) is 4.79 Å². The van der Waals surface area contributed by atoms with Crippen LogP contribution in [-0.4, -0.2) is 42.5 Å². The van der Waals surface area contributed by atoms with Crippen molar-refractivity contribution in [3.8, 4) is 0 Å². The highest BCUT2D eigenvalue weighted by Gasteiger charge is 2.39. The van der Waals surface area contributed by atoms with Crippen LogP contribution in [0, 0.1) is 5.41 Å². The van der Waals surface area contributed by atoms with Crippen molar-refractivity contribution in [3.05, 3.63) is 0 Å². The molecule has 114 valence electrons. The summed E-state index contributed by atoms with van der Waals surface area (Å²) in [6.07, 6.45) is 10.5. The monoisotopic (exact) mass is 279 g/mol. The first-order valence-corrected chi connectivity index (χ1v) is 8.49. The lowest BCUT2D eigenvalue weighted by Crippen LogP contribution is -2.52. The van der Waals surface area contributed by atoms with Gasteiger partial charge in [-0.1, -0.05) is 19.3 Å². The van der Waals surface area contributed by atoms with Gasteiger partial charge in [-0.2, -0.15) is 0 Å². The molecule has 4 heteroatoms. The molecule has 0 bridgehead atoms. The molecule has 1 saturated heterocycles. The third kappa shape index (κ3) is 3.01. The Balaban J connectivity index is 1.50. The lowest BCUT2D eigenvalue weighted by Gasteiger charge is -2.38. The predicted octanol–water partition coefficient (Wildman–Crippen LogP) is 1.64. The normalized spacial score (nSPS) is 28.2. The summed E-state index contributed by atoms with van der Waals surface area (Å²) in [5.74, 6) is 0.240. The molecule has 2 aliphatic carbocycles. The Morgan fingerprint density at radius 2 is 1.75 bits per heavy atom. The number of amides is 1. The Kier molecular flexibility index (Phi) is 4.32. The van der Waals surface area contributed by atoms with E-state index in [4.69, 9.17) is 5.73 Å². The van der Waals surface area contributed by atoms with Crippen LogP contribution in [0.2, 0.25) is 0 Å². The molecule has 0 aromatic carbocycles. The van der Waals surface area contributed by atoms with Crippen molar-refractivity contribution in [2.45, 2.75) is 69.9 Å². The van der Waals surface area contributed by atoms with E-state index in [9.17, 15) is 4.79 Å². The molecule has 1 amide bonds. The van der Waals surface area contributed by atoms with E-state index < -0.39 is 0 Å². The van der Waals surface area contributed by atoms with Crippen LogP contribution >= 0.6 is 0 Å². The fourth-order valence-corrected chi connectivity index (χ4v) is 3.94. The van der Waals surface area contributed by atoms with Crippen molar-refractivity contribution < 1.29 is 4.79 Å². The summed E-state index contributed by atoms with van der Waals surface area (Å²) in [6, 6.07) is 1.24. The molecule has 20 heavy (non-hydrogen) atoms. The van der Waals surface area contributed by atoms with Gasteiger partial charge in [0.25, 0.3) is 0 Å². The maximum absolute atomic E-state index is 12.6. The topological polar surface area (TPSA) is 58.4 Å². The second kappa shape index (κ2) is 6.02. The molecule has 3 fully saturated rings. The number of carbonyl (C=O) groups excluding carboxylic acids is 1. The Morgan fingerprint density at radius 1 is 1.10 bits per heavy atom. The first kappa shape index (κ1) is 14.3. The van der Waals surface area contributed by atoms with E-state index >= 15 is 0 Å². The lowest BCUT2D eigenvalue weighted by atomic mass is 9.73. The van der Waals surface area contributed by atoms with Crippen molar-refractivity contribution in [1.82, 2.24) is 10.2 Å². The SMILES string of the molecule is NCC1(C(=O)NC2CCN(C3CC3)CC2)CCCCC1. The average molecular weight is 279 g/mol. The van der Waals surface area contributed by atoms with Gasteiger partial charge >= 0.3 is 0 Å². The third-order valence-electron chi connectivity index (χ3n) is 5.61. The molecule has 3 N–H and O–H groups in total. The molecule has 1 aliphatic heterocycles. The van der Waals surface area contributed by atoms with Gasteiger partial charge in [-0.25, -0.2) is 0 Å². The molecule has 2 saturated carbocycles. The lowest BCUT2D eigenvalue weighted by molar-refractivity contribution is -0.133. The van der Waals surface area contributed by atoms with Crippen LogP contribution in [0.25, 0.3) is 0 Å². The van der Waals surface area contributed by atoms with E-state index in [0.717, 1.165) is 57.7 Å². The number of piperidine rings is 1. The maximum atomic E-state index is 12.6. The van der Waals surface area contributed by atoms with Gasteiger partial charge in [0, 0.05) is 31.7 Å². The fraction of sp³-hybridized carbons (Fsp3) is 0.938. The first-order valence-electron chi connectivity index (χ1n) is 8.49. The van der Waals surface area contributed by atoms with E-state index in [1.54, 1.807) is 0 Å². The van der Waals surface area contributed by atoms with Gasteiger partial charge < -0.3 is 16.0 Å². The average Bonchev–Trinajstić information content (AvgIpc) is 3.33. The Labute approximate surface area is 122 Å². The molecule has 0 atom stereocenters. The number of nitrogens with zero attached hydrogens (tertiary/aromatic N) is 1. The molecule has 3 rings (SSSR count). The van der Waals surface area contributed by atoms with Crippen molar-refractivity contribution in [2.24, 2.45) is 11.1 Å². The highest BCUT2D eigenvalue weighted by atomic mass is 16.2. The summed E-state index contributed by atoms with van der Waals surface area (Å²) in [5.41, 5.74) is 5.69. The molecule has 0 radical (unpaired) electrons. The zero-order valence-electron chi connectivity index (χ0n) is 12.6. The van der Waals surface area contributed by atoms with E-state index in [1.807, 2.05) is 0 Å². The highest BCUT2D eigenvalue weighted by Crippen LogP contribution is 2.36. The van der Waals surface area contributed by atoms with Crippen LogP contribution in [-0.2, 0) is 4.79 Å². The number of likely N-dealkylation sites (tertiary alicyclic amines) is 1. The third-order valence-corrected chi connectivity index (χ3v) is 5.61. The molecule has 3 aliphatic rings. The molecule has 0 spiro atoms. The molecular formula is C16H29N3O. The Morgan fingerprint density at radius 3 is 2.30 bits per heavy atom.